The smallest absolute Gasteiger partial charge is 0.170 e. The third kappa shape index (κ3) is 3.49. The standard InChI is InChI=1S/C20H27NO/c1-4-6-10-14-20(5-2)15-13-17(19(20)22)16-21(3)18-11-8-7-9-12-18/h5,7-9,11-12,16H,2,4,6,10,13-15H2,1,3H3/b17-16-. The summed E-state index contributed by atoms with van der Waals surface area (Å²) in [5, 5.41) is 0. The molecular formula is C20H27NO. The van der Waals surface area contributed by atoms with E-state index in [2.05, 4.69) is 25.6 Å². The number of allylic oxidation sites excluding steroid dienone is 2. The summed E-state index contributed by atoms with van der Waals surface area (Å²) < 4.78 is 0. The number of hydrogen-bond donors (Lipinski definition) is 0. The molecule has 2 nitrogen and oxygen atoms in total. The van der Waals surface area contributed by atoms with Crippen LogP contribution in [0.4, 0.5) is 5.69 Å². The molecule has 1 aromatic rings. The Labute approximate surface area is 134 Å². The SMILES string of the molecule is C=CC1(CCCCC)CC/C(=C/N(C)c2ccccc2)C1=O. The molecule has 0 spiro atoms. The summed E-state index contributed by atoms with van der Waals surface area (Å²) >= 11 is 0. The van der Waals surface area contributed by atoms with Gasteiger partial charge >= 0.3 is 0 Å². The Kier molecular flexibility index (Phi) is 5.59. The molecule has 118 valence electrons. The topological polar surface area (TPSA) is 20.3 Å². The molecule has 0 heterocycles. The molecule has 0 bridgehead atoms. The summed E-state index contributed by atoms with van der Waals surface area (Å²) in [6.07, 6.45) is 10.1. The van der Waals surface area contributed by atoms with Gasteiger partial charge in [-0.3, -0.25) is 4.79 Å². The van der Waals surface area contributed by atoms with E-state index in [4.69, 9.17) is 0 Å². The van der Waals surface area contributed by atoms with Gasteiger partial charge in [0.15, 0.2) is 5.78 Å². The molecule has 1 aromatic carbocycles. The number of carbonyl (C=O) groups excluding carboxylic acids is 1. The number of Topliss-reactive ketones (excluding diaryl/α,β-unsaturated/α-hetero) is 1. The molecular weight excluding hydrogens is 270 g/mol. The van der Waals surface area contributed by atoms with Crippen molar-refractivity contribution in [1.29, 1.82) is 0 Å². The highest BCUT2D eigenvalue weighted by molar-refractivity contribution is 6.03. The Bertz CT molecular complexity index is 546. The largest absolute Gasteiger partial charge is 0.351 e. The van der Waals surface area contributed by atoms with Crippen molar-refractivity contribution in [3.8, 4) is 0 Å². The summed E-state index contributed by atoms with van der Waals surface area (Å²) in [5.41, 5.74) is 1.71. The van der Waals surface area contributed by atoms with Crippen molar-refractivity contribution in [3.05, 3.63) is 54.8 Å². The van der Waals surface area contributed by atoms with Gasteiger partial charge in [-0.25, -0.2) is 0 Å². The van der Waals surface area contributed by atoms with Crippen LogP contribution >= 0.6 is 0 Å². The van der Waals surface area contributed by atoms with Gasteiger partial charge in [-0.15, -0.1) is 6.58 Å². The number of nitrogens with zero attached hydrogens (tertiary/aromatic N) is 1. The minimum absolute atomic E-state index is 0.279. The van der Waals surface area contributed by atoms with Gasteiger partial charge in [0, 0.05) is 24.5 Å². The first kappa shape index (κ1) is 16.5. The molecule has 0 radical (unpaired) electrons. The summed E-state index contributed by atoms with van der Waals surface area (Å²) in [6, 6.07) is 10.1. The molecule has 2 heteroatoms. The molecule has 2 rings (SSSR count). The first-order valence-electron chi connectivity index (χ1n) is 8.30. The van der Waals surface area contributed by atoms with Crippen molar-refractivity contribution in [2.24, 2.45) is 5.41 Å². The fraction of sp³-hybridized carbons (Fsp3) is 0.450. The third-order valence-corrected chi connectivity index (χ3v) is 4.71. The van der Waals surface area contributed by atoms with Gasteiger partial charge in [-0.1, -0.05) is 50.5 Å². The van der Waals surface area contributed by atoms with Crippen molar-refractivity contribution in [2.75, 3.05) is 11.9 Å². The lowest BCUT2D eigenvalue weighted by Crippen LogP contribution is -2.24. The summed E-state index contributed by atoms with van der Waals surface area (Å²) in [7, 11) is 2.00. The van der Waals surface area contributed by atoms with Crippen LogP contribution in [-0.4, -0.2) is 12.8 Å². The van der Waals surface area contributed by atoms with Gasteiger partial charge in [-0.05, 0) is 31.4 Å². The molecule has 1 fully saturated rings. The van der Waals surface area contributed by atoms with Crippen molar-refractivity contribution >= 4 is 11.5 Å². The van der Waals surface area contributed by atoms with Gasteiger partial charge in [-0.2, -0.15) is 0 Å². The first-order chi connectivity index (χ1) is 10.6. The van der Waals surface area contributed by atoms with Crippen LogP contribution in [0.25, 0.3) is 0 Å². The van der Waals surface area contributed by atoms with E-state index in [0.29, 0.717) is 0 Å². The zero-order valence-electron chi connectivity index (χ0n) is 13.8. The minimum atomic E-state index is -0.321. The average molecular weight is 297 g/mol. The lowest BCUT2D eigenvalue weighted by atomic mass is 9.80. The Morgan fingerprint density at radius 2 is 2.00 bits per heavy atom. The maximum Gasteiger partial charge on any atom is 0.170 e. The molecule has 0 aliphatic heterocycles. The van der Waals surface area contributed by atoms with Crippen LogP contribution in [0.5, 0.6) is 0 Å². The van der Waals surface area contributed by atoms with Crippen LogP contribution in [0.15, 0.2) is 54.8 Å². The zero-order valence-corrected chi connectivity index (χ0v) is 13.8. The maximum absolute atomic E-state index is 12.9. The fourth-order valence-electron chi connectivity index (χ4n) is 3.22. The summed E-state index contributed by atoms with van der Waals surface area (Å²) in [4.78, 5) is 14.9. The summed E-state index contributed by atoms with van der Waals surface area (Å²) in [5.74, 6) is 0.279. The maximum atomic E-state index is 12.9. The van der Waals surface area contributed by atoms with Crippen LogP contribution in [0.1, 0.15) is 45.4 Å². The van der Waals surface area contributed by atoms with Crippen LogP contribution in [0.2, 0.25) is 0 Å². The molecule has 0 aromatic heterocycles. The van der Waals surface area contributed by atoms with E-state index in [9.17, 15) is 4.79 Å². The summed E-state index contributed by atoms with van der Waals surface area (Å²) in [6.45, 7) is 6.15. The molecule has 0 saturated heterocycles. The van der Waals surface area contributed by atoms with E-state index in [-0.39, 0.29) is 11.2 Å². The predicted molar refractivity (Wildman–Crippen MR) is 93.9 cm³/mol. The lowest BCUT2D eigenvalue weighted by molar-refractivity contribution is -0.121. The Balaban J connectivity index is 2.12. The number of carbonyl (C=O) groups is 1. The van der Waals surface area contributed by atoms with Gasteiger partial charge < -0.3 is 4.90 Å². The molecule has 1 saturated carbocycles. The van der Waals surface area contributed by atoms with E-state index >= 15 is 0 Å². The lowest BCUT2D eigenvalue weighted by Gasteiger charge is -2.23. The van der Waals surface area contributed by atoms with E-state index in [1.54, 1.807) is 0 Å². The minimum Gasteiger partial charge on any atom is -0.351 e. The molecule has 1 aliphatic rings. The quantitative estimate of drug-likeness (QED) is 0.395. The molecule has 22 heavy (non-hydrogen) atoms. The second kappa shape index (κ2) is 7.44. The van der Waals surface area contributed by atoms with E-state index in [1.165, 1.54) is 12.8 Å². The molecule has 1 atom stereocenters. The highest BCUT2D eigenvalue weighted by Gasteiger charge is 2.41. The highest BCUT2D eigenvalue weighted by Crippen LogP contribution is 2.43. The van der Waals surface area contributed by atoms with Gasteiger partial charge in [0.25, 0.3) is 0 Å². The Hall–Kier alpha value is -1.83. The number of ketones is 1. The van der Waals surface area contributed by atoms with Crippen molar-refractivity contribution in [2.45, 2.75) is 45.4 Å². The second-order valence-electron chi connectivity index (χ2n) is 6.25. The number of benzene rings is 1. The second-order valence-corrected chi connectivity index (χ2v) is 6.25. The average Bonchev–Trinajstić information content (AvgIpc) is 2.86. The van der Waals surface area contributed by atoms with Gasteiger partial charge in [0.05, 0.1) is 5.41 Å². The van der Waals surface area contributed by atoms with E-state index in [0.717, 1.165) is 36.9 Å². The zero-order chi connectivity index (χ0) is 16.0. The van der Waals surface area contributed by atoms with Crippen molar-refractivity contribution in [3.63, 3.8) is 0 Å². The predicted octanol–water partition coefficient (Wildman–Crippen LogP) is 5.12. The number of para-hydroxylation sites is 1. The first-order valence-corrected chi connectivity index (χ1v) is 8.30. The molecule has 1 aliphatic carbocycles. The van der Waals surface area contributed by atoms with Gasteiger partial charge in [0.1, 0.15) is 0 Å². The monoisotopic (exact) mass is 297 g/mol. The molecule has 0 amide bonds. The van der Waals surface area contributed by atoms with Crippen LogP contribution < -0.4 is 4.90 Å². The number of unbranched alkanes of at least 4 members (excludes halogenated alkanes) is 2. The normalized spacial score (nSPS) is 23.0. The molecule has 1 unspecified atom stereocenters. The van der Waals surface area contributed by atoms with E-state index in [1.807, 2.05) is 42.4 Å². The van der Waals surface area contributed by atoms with Crippen LogP contribution in [-0.2, 0) is 4.79 Å². The van der Waals surface area contributed by atoms with Crippen LogP contribution in [0.3, 0.4) is 0 Å². The van der Waals surface area contributed by atoms with Crippen molar-refractivity contribution in [1.82, 2.24) is 0 Å². The number of rotatable bonds is 7. The number of anilines is 1. The van der Waals surface area contributed by atoms with Crippen LogP contribution in [0, 0.1) is 5.41 Å². The number of hydrogen-bond acceptors (Lipinski definition) is 2. The highest BCUT2D eigenvalue weighted by atomic mass is 16.1. The van der Waals surface area contributed by atoms with Gasteiger partial charge in [0.2, 0.25) is 0 Å². The molecule has 0 N–H and O–H groups in total. The van der Waals surface area contributed by atoms with E-state index < -0.39 is 0 Å². The Morgan fingerprint density at radius 1 is 1.27 bits per heavy atom. The van der Waals surface area contributed by atoms with Crippen molar-refractivity contribution < 1.29 is 4.79 Å². The fourth-order valence-corrected chi connectivity index (χ4v) is 3.22. The third-order valence-electron chi connectivity index (χ3n) is 4.71. The Morgan fingerprint density at radius 3 is 2.64 bits per heavy atom.